The van der Waals surface area contributed by atoms with Crippen molar-refractivity contribution in [3.63, 3.8) is 0 Å². The summed E-state index contributed by atoms with van der Waals surface area (Å²) in [5.74, 6) is -0.0195. The molecule has 0 aromatic carbocycles. The maximum Gasteiger partial charge on any atom is 0.250 e. The molecule has 4 N–H and O–H groups in total. The number of amidine groups is 1. The zero-order valence-electron chi connectivity index (χ0n) is 11.3. The summed E-state index contributed by atoms with van der Waals surface area (Å²) in [6, 6.07) is 2.54. The molecule has 1 aromatic rings. The summed E-state index contributed by atoms with van der Waals surface area (Å²) in [5.41, 5.74) is 5.71. The third-order valence-corrected chi connectivity index (χ3v) is 7.21. The number of hydrogen-bond acceptors (Lipinski definition) is 5. The molecule has 0 radical (unpaired) electrons. The topological polar surface area (TPSA) is 105 Å². The van der Waals surface area contributed by atoms with Gasteiger partial charge in [0.05, 0.1) is 9.83 Å². The van der Waals surface area contributed by atoms with E-state index in [9.17, 15) is 8.42 Å². The quantitative estimate of drug-likeness (QED) is 0.308. The van der Waals surface area contributed by atoms with Gasteiger partial charge in [0.2, 0.25) is 0 Å². The van der Waals surface area contributed by atoms with Crippen LogP contribution < -0.4 is 10.5 Å². The molecule has 1 atom stereocenters. The van der Waals surface area contributed by atoms with Gasteiger partial charge in [-0.05, 0) is 46.8 Å². The fraction of sp³-hybridized carbons (Fsp3) is 0.583. The van der Waals surface area contributed by atoms with Gasteiger partial charge in [-0.1, -0.05) is 24.4 Å². The van der Waals surface area contributed by atoms with Crippen molar-refractivity contribution in [2.45, 2.75) is 42.4 Å². The highest BCUT2D eigenvalue weighted by atomic mass is 79.9. The number of halogens is 1. The van der Waals surface area contributed by atoms with E-state index >= 15 is 0 Å². The lowest BCUT2D eigenvalue weighted by Gasteiger charge is -2.29. The van der Waals surface area contributed by atoms with Gasteiger partial charge in [-0.2, -0.15) is 4.72 Å². The van der Waals surface area contributed by atoms with Gasteiger partial charge in [0.25, 0.3) is 10.0 Å². The number of rotatable bonds is 5. The van der Waals surface area contributed by atoms with Crippen LogP contribution in [0.1, 0.15) is 32.1 Å². The highest BCUT2D eigenvalue weighted by molar-refractivity contribution is 9.11. The van der Waals surface area contributed by atoms with E-state index < -0.39 is 16.1 Å². The highest BCUT2D eigenvalue weighted by Crippen LogP contribution is 2.29. The summed E-state index contributed by atoms with van der Waals surface area (Å²) in [7, 11) is -3.68. The van der Waals surface area contributed by atoms with Gasteiger partial charge in [0.1, 0.15) is 4.21 Å². The van der Waals surface area contributed by atoms with E-state index in [0.29, 0.717) is 0 Å². The SMILES string of the molecule is N/C(=N\O)C(NS(=O)(=O)c1ccc(Br)s1)C1CCCCC1. The molecule has 0 aliphatic heterocycles. The number of thiophene rings is 1. The van der Waals surface area contributed by atoms with Gasteiger partial charge in [-0.25, -0.2) is 8.42 Å². The van der Waals surface area contributed by atoms with Gasteiger partial charge in [0, 0.05) is 0 Å². The van der Waals surface area contributed by atoms with Crippen LogP contribution in [0.3, 0.4) is 0 Å². The van der Waals surface area contributed by atoms with Gasteiger partial charge in [-0.15, -0.1) is 11.3 Å². The van der Waals surface area contributed by atoms with Crippen LogP contribution >= 0.6 is 27.3 Å². The van der Waals surface area contributed by atoms with Crippen LogP contribution in [0.15, 0.2) is 25.3 Å². The van der Waals surface area contributed by atoms with Crippen molar-refractivity contribution < 1.29 is 13.6 Å². The third kappa shape index (κ3) is 4.18. The predicted octanol–water partition coefficient (Wildman–Crippen LogP) is 2.48. The summed E-state index contributed by atoms with van der Waals surface area (Å²) >= 11 is 4.37. The third-order valence-electron chi connectivity index (χ3n) is 3.65. The average Bonchev–Trinajstić information content (AvgIpc) is 2.92. The monoisotopic (exact) mass is 395 g/mol. The fourth-order valence-corrected chi connectivity index (χ4v) is 5.90. The van der Waals surface area contributed by atoms with E-state index in [-0.39, 0.29) is 16.0 Å². The molecule has 21 heavy (non-hydrogen) atoms. The van der Waals surface area contributed by atoms with Crippen molar-refractivity contribution in [2.24, 2.45) is 16.8 Å². The number of sulfonamides is 1. The fourth-order valence-electron chi connectivity index (χ4n) is 2.60. The zero-order chi connectivity index (χ0) is 15.5. The number of hydrogen-bond donors (Lipinski definition) is 3. The second-order valence-electron chi connectivity index (χ2n) is 5.08. The number of oxime groups is 1. The Morgan fingerprint density at radius 2 is 2.10 bits per heavy atom. The maximum atomic E-state index is 12.4. The standard InChI is InChI=1S/C12H18BrN3O3S2/c13-9-6-7-10(20-9)21(18,19)16-11(12(14)15-17)8-4-2-1-3-5-8/h6-8,11,16-17H,1-5H2,(H2,14,15). The first-order valence-electron chi connectivity index (χ1n) is 6.69. The Balaban J connectivity index is 2.22. The van der Waals surface area contributed by atoms with Crippen LogP contribution in [-0.4, -0.2) is 25.5 Å². The minimum absolute atomic E-state index is 0.0628. The molecule has 0 saturated heterocycles. The minimum atomic E-state index is -3.68. The summed E-state index contributed by atoms with van der Waals surface area (Å²) < 4.78 is 28.3. The molecule has 0 bridgehead atoms. The van der Waals surface area contributed by atoms with E-state index in [4.69, 9.17) is 10.9 Å². The van der Waals surface area contributed by atoms with Gasteiger partial charge in [-0.3, -0.25) is 0 Å². The van der Waals surface area contributed by atoms with Crippen LogP contribution in [0.2, 0.25) is 0 Å². The van der Waals surface area contributed by atoms with Gasteiger partial charge in [0.15, 0.2) is 5.84 Å². The minimum Gasteiger partial charge on any atom is -0.409 e. The Hall–Kier alpha value is -0.640. The summed E-state index contributed by atoms with van der Waals surface area (Å²) in [4.78, 5) is 0. The second kappa shape index (κ2) is 7.08. The van der Waals surface area contributed by atoms with Crippen molar-refractivity contribution in [1.82, 2.24) is 4.72 Å². The summed E-state index contributed by atoms with van der Waals surface area (Å²) in [6.07, 6.45) is 4.96. The molecule has 1 fully saturated rings. The van der Waals surface area contributed by atoms with E-state index in [1.165, 1.54) is 6.07 Å². The smallest absolute Gasteiger partial charge is 0.250 e. The Kier molecular flexibility index (Phi) is 5.64. The predicted molar refractivity (Wildman–Crippen MR) is 86.1 cm³/mol. The first kappa shape index (κ1) is 16.7. The van der Waals surface area contributed by atoms with E-state index in [0.717, 1.165) is 47.2 Å². The molecule has 118 valence electrons. The Morgan fingerprint density at radius 3 is 2.62 bits per heavy atom. The molecule has 0 spiro atoms. The Bertz CT molecular complexity index is 609. The Labute approximate surface area is 136 Å². The molecule has 1 unspecified atom stereocenters. The molecule has 1 aromatic heterocycles. The van der Waals surface area contributed by atoms with Crippen molar-refractivity contribution in [3.8, 4) is 0 Å². The molecule has 2 rings (SSSR count). The van der Waals surface area contributed by atoms with Crippen LogP contribution in [-0.2, 0) is 10.0 Å². The van der Waals surface area contributed by atoms with Crippen molar-refractivity contribution in [2.75, 3.05) is 0 Å². The Morgan fingerprint density at radius 1 is 1.43 bits per heavy atom. The van der Waals surface area contributed by atoms with Crippen LogP contribution in [0.4, 0.5) is 0 Å². The maximum absolute atomic E-state index is 12.4. The van der Waals surface area contributed by atoms with Crippen LogP contribution in [0.5, 0.6) is 0 Å². The lowest BCUT2D eigenvalue weighted by molar-refractivity contribution is 0.297. The van der Waals surface area contributed by atoms with Gasteiger partial charge >= 0.3 is 0 Å². The van der Waals surface area contributed by atoms with E-state index in [1.54, 1.807) is 6.07 Å². The normalized spacial score (nSPS) is 19.6. The lowest BCUT2D eigenvalue weighted by atomic mass is 9.84. The molecular weight excluding hydrogens is 378 g/mol. The number of nitrogens with zero attached hydrogens (tertiary/aromatic N) is 1. The summed E-state index contributed by atoms with van der Waals surface area (Å²) in [5, 5.41) is 11.9. The highest BCUT2D eigenvalue weighted by Gasteiger charge is 2.32. The van der Waals surface area contributed by atoms with Crippen LogP contribution in [0.25, 0.3) is 0 Å². The molecule has 1 saturated carbocycles. The number of nitrogens with one attached hydrogen (secondary N) is 1. The van der Waals surface area contributed by atoms with Crippen molar-refractivity contribution in [3.05, 3.63) is 15.9 Å². The van der Waals surface area contributed by atoms with E-state index in [2.05, 4.69) is 25.8 Å². The van der Waals surface area contributed by atoms with Crippen molar-refractivity contribution in [1.29, 1.82) is 0 Å². The average molecular weight is 396 g/mol. The second-order valence-corrected chi connectivity index (χ2v) is 9.48. The molecule has 1 heterocycles. The van der Waals surface area contributed by atoms with Gasteiger partial charge < -0.3 is 10.9 Å². The first-order chi connectivity index (χ1) is 9.94. The van der Waals surface area contributed by atoms with Crippen molar-refractivity contribution >= 4 is 43.1 Å². The zero-order valence-corrected chi connectivity index (χ0v) is 14.5. The molecule has 9 heteroatoms. The van der Waals surface area contributed by atoms with Crippen LogP contribution in [0, 0.1) is 5.92 Å². The molecular formula is C12H18BrN3O3S2. The molecule has 0 amide bonds. The molecule has 6 nitrogen and oxygen atoms in total. The number of nitrogens with two attached hydrogens (primary N) is 1. The largest absolute Gasteiger partial charge is 0.409 e. The molecule has 1 aliphatic carbocycles. The summed E-state index contributed by atoms with van der Waals surface area (Å²) in [6.45, 7) is 0. The van der Waals surface area contributed by atoms with E-state index in [1.807, 2.05) is 0 Å². The first-order valence-corrected chi connectivity index (χ1v) is 9.78. The lowest BCUT2D eigenvalue weighted by Crippen LogP contribution is -2.49. The molecule has 1 aliphatic rings.